The van der Waals surface area contributed by atoms with E-state index in [-0.39, 0.29) is 0 Å². The molecule has 19 heavy (non-hydrogen) atoms. The van der Waals surface area contributed by atoms with Crippen molar-refractivity contribution in [3.63, 3.8) is 0 Å². The van der Waals surface area contributed by atoms with Crippen LogP contribution in [0.1, 0.15) is 19.4 Å². The summed E-state index contributed by atoms with van der Waals surface area (Å²) in [6, 6.07) is 7.72. The third-order valence-electron chi connectivity index (χ3n) is 2.42. The fourth-order valence-electron chi connectivity index (χ4n) is 1.49. The van der Waals surface area contributed by atoms with Crippen LogP contribution in [0.5, 0.6) is 0 Å². The molecule has 1 rings (SSSR count). The van der Waals surface area contributed by atoms with E-state index in [0.717, 1.165) is 36.2 Å². The predicted octanol–water partition coefficient (Wildman–Crippen LogP) is 2.43. The molecule has 1 aromatic carbocycles. The van der Waals surface area contributed by atoms with E-state index in [1.54, 1.807) is 0 Å². The molecule has 0 atom stereocenters. The second-order valence-corrected chi connectivity index (χ2v) is 4.38. The standard InChI is InChI=1S/C14H22ClN3O/c1-3-16-14(17-9-10-19-4-2)18-11-12-5-7-13(15)8-6-12/h5-8H,3-4,9-11H2,1-2H3,(H2,16,17,18). The fraction of sp³-hybridized carbons (Fsp3) is 0.500. The third kappa shape index (κ3) is 7.03. The van der Waals surface area contributed by atoms with Crippen LogP contribution in [-0.2, 0) is 11.3 Å². The average Bonchev–Trinajstić information content (AvgIpc) is 2.42. The quantitative estimate of drug-likeness (QED) is 0.459. The minimum atomic E-state index is 0.626. The van der Waals surface area contributed by atoms with Crippen LogP contribution in [0.2, 0.25) is 5.02 Å². The molecular weight excluding hydrogens is 262 g/mol. The van der Waals surface area contributed by atoms with E-state index in [1.807, 2.05) is 38.1 Å². The molecule has 0 aromatic heterocycles. The van der Waals surface area contributed by atoms with E-state index in [1.165, 1.54) is 0 Å². The number of nitrogens with zero attached hydrogens (tertiary/aromatic N) is 1. The molecule has 5 heteroatoms. The highest BCUT2D eigenvalue weighted by Crippen LogP contribution is 2.09. The monoisotopic (exact) mass is 283 g/mol. The molecule has 0 aliphatic heterocycles. The lowest BCUT2D eigenvalue weighted by molar-refractivity contribution is 0.152. The molecule has 0 fully saturated rings. The molecule has 0 unspecified atom stereocenters. The van der Waals surface area contributed by atoms with Gasteiger partial charge in [-0.3, -0.25) is 0 Å². The number of hydrogen-bond acceptors (Lipinski definition) is 2. The first kappa shape index (κ1) is 15.8. The van der Waals surface area contributed by atoms with Crippen LogP contribution < -0.4 is 10.6 Å². The van der Waals surface area contributed by atoms with Gasteiger partial charge in [0.1, 0.15) is 0 Å². The molecule has 0 radical (unpaired) electrons. The maximum Gasteiger partial charge on any atom is 0.191 e. The van der Waals surface area contributed by atoms with Crippen LogP contribution in [0.25, 0.3) is 0 Å². The van der Waals surface area contributed by atoms with Gasteiger partial charge in [-0.25, -0.2) is 4.99 Å². The van der Waals surface area contributed by atoms with E-state index in [0.29, 0.717) is 13.2 Å². The Bertz CT molecular complexity index is 379. The largest absolute Gasteiger partial charge is 0.380 e. The van der Waals surface area contributed by atoms with Gasteiger partial charge in [-0.05, 0) is 31.5 Å². The molecule has 0 aliphatic carbocycles. The zero-order chi connectivity index (χ0) is 13.9. The number of nitrogens with one attached hydrogen (secondary N) is 2. The van der Waals surface area contributed by atoms with Gasteiger partial charge >= 0.3 is 0 Å². The molecule has 0 heterocycles. The first-order chi connectivity index (χ1) is 9.26. The van der Waals surface area contributed by atoms with Gasteiger partial charge in [0.25, 0.3) is 0 Å². The molecule has 0 bridgehead atoms. The van der Waals surface area contributed by atoms with Gasteiger partial charge in [0.15, 0.2) is 5.96 Å². The van der Waals surface area contributed by atoms with E-state index in [4.69, 9.17) is 16.3 Å². The minimum absolute atomic E-state index is 0.626. The molecule has 0 amide bonds. The normalized spacial score (nSPS) is 11.4. The van der Waals surface area contributed by atoms with E-state index in [9.17, 15) is 0 Å². The topological polar surface area (TPSA) is 45.7 Å². The van der Waals surface area contributed by atoms with E-state index in [2.05, 4.69) is 15.6 Å². The van der Waals surface area contributed by atoms with Crippen molar-refractivity contribution in [2.24, 2.45) is 4.99 Å². The summed E-state index contributed by atoms with van der Waals surface area (Å²) in [5, 5.41) is 7.17. The van der Waals surface area contributed by atoms with Gasteiger partial charge in [-0.15, -0.1) is 0 Å². The number of guanidine groups is 1. The second-order valence-electron chi connectivity index (χ2n) is 3.95. The van der Waals surface area contributed by atoms with Gasteiger partial charge in [0.05, 0.1) is 13.2 Å². The SMILES string of the molecule is CCNC(=NCc1ccc(Cl)cc1)NCCOCC. The summed E-state index contributed by atoms with van der Waals surface area (Å²) in [5.41, 5.74) is 1.13. The van der Waals surface area contributed by atoms with Crippen molar-refractivity contribution in [2.45, 2.75) is 20.4 Å². The van der Waals surface area contributed by atoms with Gasteiger partial charge in [0, 0.05) is 24.7 Å². The van der Waals surface area contributed by atoms with Crippen molar-refractivity contribution < 1.29 is 4.74 Å². The number of halogens is 1. The minimum Gasteiger partial charge on any atom is -0.380 e. The first-order valence-electron chi connectivity index (χ1n) is 6.60. The molecule has 106 valence electrons. The van der Waals surface area contributed by atoms with Crippen LogP contribution >= 0.6 is 11.6 Å². The summed E-state index contributed by atoms with van der Waals surface area (Å²) < 4.78 is 5.28. The lowest BCUT2D eigenvalue weighted by Crippen LogP contribution is -2.39. The summed E-state index contributed by atoms with van der Waals surface area (Å²) in [5.74, 6) is 0.803. The Balaban J connectivity index is 2.45. The van der Waals surface area contributed by atoms with Crippen LogP contribution in [0.3, 0.4) is 0 Å². The van der Waals surface area contributed by atoms with Crippen molar-refractivity contribution >= 4 is 17.6 Å². The average molecular weight is 284 g/mol. The van der Waals surface area contributed by atoms with Crippen LogP contribution in [0.4, 0.5) is 0 Å². The molecule has 0 saturated carbocycles. The highest BCUT2D eigenvalue weighted by Gasteiger charge is 1.97. The second kappa shape index (κ2) is 9.64. The molecule has 0 saturated heterocycles. The van der Waals surface area contributed by atoms with Crippen molar-refractivity contribution in [1.82, 2.24) is 10.6 Å². The molecule has 0 aliphatic rings. The molecule has 2 N–H and O–H groups in total. The van der Waals surface area contributed by atoms with Crippen molar-refractivity contribution in [3.8, 4) is 0 Å². The first-order valence-corrected chi connectivity index (χ1v) is 6.98. The molecular formula is C14H22ClN3O. The van der Waals surface area contributed by atoms with E-state index < -0.39 is 0 Å². The summed E-state index contributed by atoms with van der Waals surface area (Å²) in [4.78, 5) is 4.51. The summed E-state index contributed by atoms with van der Waals surface area (Å²) >= 11 is 5.85. The van der Waals surface area contributed by atoms with Crippen LogP contribution in [0.15, 0.2) is 29.3 Å². The number of hydrogen-bond donors (Lipinski definition) is 2. The maximum atomic E-state index is 5.85. The van der Waals surface area contributed by atoms with Gasteiger partial charge < -0.3 is 15.4 Å². The number of rotatable bonds is 7. The highest BCUT2D eigenvalue weighted by molar-refractivity contribution is 6.30. The lowest BCUT2D eigenvalue weighted by Gasteiger charge is -2.11. The molecule has 4 nitrogen and oxygen atoms in total. The van der Waals surface area contributed by atoms with Crippen LogP contribution in [-0.4, -0.2) is 32.3 Å². The lowest BCUT2D eigenvalue weighted by atomic mass is 10.2. The Hall–Kier alpha value is -1.26. The molecule has 1 aromatic rings. The Morgan fingerprint density at radius 2 is 1.95 bits per heavy atom. The smallest absolute Gasteiger partial charge is 0.191 e. The summed E-state index contributed by atoms with van der Waals surface area (Å²) in [6.07, 6.45) is 0. The Morgan fingerprint density at radius 1 is 1.21 bits per heavy atom. The fourth-order valence-corrected chi connectivity index (χ4v) is 1.61. The van der Waals surface area contributed by atoms with Crippen molar-refractivity contribution in [3.05, 3.63) is 34.9 Å². The Labute approximate surface area is 120 Å². The van der Waals surface area contributed by atoms with Gasteiger partial charge in [-0.2, -0.15) is 0 Å². The molecule has 0 spiro atoms. The van der Waals surface area contributed by atoms with Crippen molar-refractivity contribution in [2.75, 3.05) is 26.3 Å². The highest BCUT2D eigenvalue weighted by atomic mass is 35.5. The number of benzene rings is 1. The Morgan fingerprint density at radius 3 is 2.58 bits per heavy atom. The third-order valence-corrected chi connectivity index (χ3v) is 2.67. The zero-order valence-corrected chi connectivity index (χ0v) is 12.3. The maximum absolute atomic E-state index is 5.85. The summed E-state index contributed by atoms with van der Waals surface area (Å²) in [7, 11) is 0. The Kier molecular flexibility index (Phi) is 8.02. The zero-order valence-electron chi connectivity index (χ0n) is 11.6. The van der Waals surface area contributed by atoms with Crippen LogP contribution in [0, 0.1) is 0 Å². The van der Waals surface area contributed by atoms with Gasteiger partial charge in [0.2, 0.25) is 0 Å². The van der Waals surface area contributed by atoms with Gasteiger partial charge in [-0.1, -0.05) is 23.7 Å². The van der Waals surface area contributed by atoms with Crippen molar-refractivity contribution in [1.29, 1.82) is 0 Å². The van der Waals surface area contributed by atoms with E-state index >= 15 is 0 Å². The number of aliphatic imine (C=N–C) groups is 1. The predicted molar refractivity (Wildman–Crippen MR) is 80.8 cm³/mol. The summed E-state index contributed by atoms with van der Waals surface area (Å²) in [6.45, 7) is 7.66. The number of ether oxygens (including phenoxy) is 1.